The maximum atomic E-state index is 12.3. The van der Waals surface area contributed by atoms with Crippen molar-refractivity contribution < 1.29 is 9.53 Å². The third-order valence-corrected chi connectivity index (χ3v) is 3.50. The van der Waals surface area contributed by atoms with E-state index in [-0.39, 0.29) is 5.91 Å². The zero-order valence-electron chi connectivity index (χ0n) is 14.0. The number of rotatable bonds is 8. The molecule has 0 atom stereocenters. The number of ether oxygens (including phenoxy) is 1. The number of nitrogens with one attached hydrogen (secondary N) is 1. The van der Waals surface area contributed by atoms with Gasteiger partial charge in [-0.1, -0.05) is 30.3 Å². The summed E-state index contributed by atoms with van der Waals surface area (Å²) in [6.07, 6.45) is 0. The van der Waals surface area contributed by atoms with Crippen LogP contribution < -0.4 is 5.32 Å². The van der Waals surface area contributed by atoms with Gasteiger partial charge in [0, 0.05) is 33.3 Å². The average Bonchev–Trinajstić information content (AvgIpc) is 2.83. The molecule has 0 aliphatic carbocycles. The SMILES string of the molecule is COCCN(CC(=O)Nc1cc(C)nn1C)Cc1ccccc1. The summed E-state index contributed by atoms with van der Waals surface area (Å²) in [4.78, 5) is 14.4. The predicted octanol–water partition coefficient (Wildman–Crippen LogP) is 1.82. The smallest absolute Gasteiger partial charge is 0.239 e. The molecular weight excluding hydrogens is 292 g/mol. The molecule has 0 aliphatic rings. The largest absolute Gasteiger partial charge is 0.383 e. The molecule has 0 fully saturated rings. The third-order valence-electron chi connectivity index (χ3n) is 3.50. The molecule has 1 amide bonds. The van der Waals surface area contributed by atoms with Crippen LogP contribution in [0.2, 0.25) is 0 Å². The third kappa shape index (κ3) is 5.50. The van der Waals surface area contributed by atoms with Gasteiger partial charge in [0.15, 0.2) is 0 Å². The summed E-state index contributed by atoms with van der Waals surface area (Å²) in [5.74, 6) is 0.652. The first-order chi connectivity index (χ1) is 11.1. The van der Waals surface area contributed by atoms with Gasteiger partial charge in [0.1, 0.15) is 5.82 Å². The number of benzene rings is 1. The van der Waals surface area contributed by atoms with Crippen LogP contribution in [0.1, 0.15) is 11.3 Å². The van der Waals surface area contributed by atoms with E-state index in [0.29, 0.717) is 32.1 Å². The lowest BCUT2D eigenvalue weighted by molar-refractivity contribution is -0.117. The zero-order valence-corrected chi connectivity index (χ0v) is 14.0. The van der Waals surface area contributed by atoms with Crippen LogP contribution in [0.25, 0.3) is 0 Å². The first-order valence-corrected chi connectivity index (χ1v) is 7.64. The topological polar surface area (TPSA) is 59.4 Å². The second kappa shape index (κ2) is 8.45. The quantitative estimate of drug-likeness (QED) is 0.807. The van der Waals surface area contributed by atoms with Crippen molar-refractivity contribution in [3.05, 3.63) is 47.7 Å². The van der Waals surface area contributed by atoms with E-state index in [0.717, 1.165) is 5.69 Å². The Kier molecular flexibility index (Phi) is 6.31. The molecule has 6 heteroatoms. The Balaban J connectivity index is 1.96. The molecule has 23 heavy (non-hydrogen) atoms. The molecule has 0 radical (unpaired) electrons. The number of carbonyl (C=O) groups is 1. The highest BCUT2D eigenvalue weighted by molar-refractivity contribution is 5.91. The molecular formula is C17H24N4O2. The van der Waals surface area contributed by atoms with E-state index in [1.54, 1.807) is 11.8 Å². The summed E-state index contributed by atoms with van der Waals surface area (Å²) in [7, 11) is 3.48. The van der Waals surface area contributed by atoms with Gasteiger partial charge in [0.25, 0.3) is 0 Å². The molecule has 1 aromatic carbocycles. The molecule has 124 valence electrons. The minimum absolute atomic E-state index is 0.0555. The fourth-order valence-electron chi connectivity index (χ4n) is 2.39. The standard InChI is InChI=1S/C17H24N4O2/c1-14-11-16(20(2)19-14)18-17(22)13-21(9-10-23-3)12-15-7-5-4-6-8-15/h4-8,11H,9-10,12-13H2,1-3H3,(H,18,22). The summed E-state index contributed by atoms with van der Waals surface area (Å²) in [5, 5.41) is 7.13. The maximum Gasteiger partial charge on any atom is 0.239 e. The number of hydrogen-bond donors (Lipinski definition) is 1. The number of hydrogen-bond acceptors (Lipinski definition) is 4. The molecule has 0 aliphatic heterocycles. The minimum Gasteiger partial charge on any atom is -0.383 e. The highest BCUT2D eigenvalue weighted by Gasteiger charge is 2.13. The second-order valence-electron chi connectivity index (χ2n) is 5.53. The van der Waals surface area contributed by atoms with E-state index in [1.807, 2.05) is 38.2 Å². The van der Waals surface area contributed by atoms with Crippen molar-refractivity contribution in [3.63, 3.8) is 0 Å². The van der Waals surface area contributed by atoms with Crippen LogP contribution in [0.4, 0.5) is 5.82 Å². The number of anilines is 1. The molecule has 0 spiro atoms. The Morgan fingerprint density at radius 1 is 1.35 bits per heavy atom. The summed E-state index contributed by atoms with van der Waals surface area (Å²) in [5.41, 5.74) is 2.05. The fourth-order valence-corrected chi connectivity index (χ4v) is 2.39. The molecule has 1 N–H and O–H groups in total. The van der Waals surface area contributed by atoms with Crippen molar-refractivity contribution >= 4 is 11.7 Å². The number of aromatic nitrogens is 2. The Hall–Kier alpha value is -2.18. The van der Waals surface area contributed by atoms with E-state index in [1.165, 1.54) is 5.56 Å². The monoisotopic (exact) mass is 316 g/mol. The normalized spacial score (nSPS) is 11.0. The van der Waals surface area contributed by atoms with Crippen LogP contribution in [0, 0.1) is 6.92 Å². The van der Waals surface area contributed by atoms with Crippen molar-refractivity contribution in [1.82, 2.24) is 14.7 Å². The van der Waals surface area contributed by atoms with Gasteiger partial charge in [-0.05, 0) is 12.5 Å². The fraction of sp³-hybridized carbons (Fsp3) is 0.412. The molecule has 0 bridgehead atoms. The van der Waals surface area contributed by atoms with Crippen molar-refractivity contribution in [2.45, 2.75) is 13.5 Å². The number of methoxy groups -OCH3 is 1. The van der Waals surface area contributed by atoms with Gasteiger partial charge >= 0.3 is 0 Å². The molecule has 1 aromatic heterocycles. The Morgan fingerprint density at radius 3 is 2.70 bits per heavy atom. The highest BCUT2D eigenvalue weighted by atomic mass is 16.5. The highest BCUT2D eigenvalue weighted by Crippen LogP contribution is 2.09. The molecule has 0 saturated carbocycles. The lowest BCUT2D eigenvalue weighted by atomic mass is 10.2. The van der Waals surface area contributed by atoms with E-state index in [2.05, 4.69) is 27.4 Å². The second-order valence-corrected chi connectivity index (χ2v) is 5.53. The van der Waals surface area contributed by atoms with Crippen LogP contribution in [-0.2, 0) is 23.1 Å². The summed E-state index contributed by atoms with van der Waals surface area (Å²) in [6, 6.07) is 12.0. The van der Waals surface area contributed by atoms with Crippen molar-refractivity contribution in [2.24, 2.45) is 7.05 Å². The molecule has 0 saturated heterocycles. The summed E-state index contributed by atoms with van der Waals surface area (Å²) >= 11 is 0. The first kappa shape index (κ1) is 17.2. The number of nitrogens with zero attached hydrogens (tertiary/aromatic N) is 3. The predicted molar refractivity (Wildman–Crippen MR) is 90.2 cm³/mol. The first-order valence-electron chi connectivity index (χ1n) is 7.64. The van der Waals surface area contributed by atoms with Crippen LogP contribution in [0.5, 0.6) is 0 Å². The minimum atomic E-state index is -0.0555. The van der Waals surface area contributed by atoms with Gasteiger partial charge in [-0.3, -0.25) is 14.4 Å². The lowest BCUT2D eigenvalue weighted by Gasteiger charge is -2.21. The molecule has 6 nitrogen and oxygen atoms in total. The van der Waals surface area contributed by atoms with E-state index >= 15 is 0 Å². The van der Waals surface area contributed by atoms with Crippen molar-refractivity contribution in [3.8, 4) is 0 Å². The maximum absolute atomic E-state index is 12.3. The number of aryl methyl sites for hydroxylation is 2. The van der Waals surface area contributed by atoms with Gasteiger partial charge in [-0.2, -0.15) is 5.10 Å². The Labute approximate surface area is 137 Å². The van der Waals surface area contributed by atoms with Gasteiger partial charge in [-0.15, -0.1) is 0 Å². The average molecular weight is 316 g/mol. The molecule has 0 unspecified atom stereocenters. The van der Waals surface area contributed by atoms with Crippen molar-refractivity contribution in [2.75, 3.05) is 32.1 Å². The van der Waals surface area contributed by atoms with Crippen LogP contribution >= 0.6 is 0 Å². The van der Waals surface area contributed by atoms with Gasteiger partial charge in [-0.25, -0.2) is 0 Å². The van der Waals surface area contributed by atoms with E-state index in [9.17, 15) is 4.79 Å². The lowest BCUT2D eigenvalue weighted by Crippen LogP contribution is -2.35. The Bertz CT molecular complexity index is 625. The molecule has 2 aromatic rings. The number of amides is 1. The molecule has 1 heterocycles. The van der Waals surface area contributed by atoms with Crippen LogP contribution in [0.15, 0.2) is 36.4 Å². The van der Waals surface area contributed by atoms with Gasteiger partial charge in [0.2, 0.25) is 5.91 Å². The molecule has 2 rings (SSSR count). The van der Waals surface area contributed by atoms with Crippen LogP contribution in [0.3, 0.4) is 0 Å². The van der Waals surface area contributed by atoms with E-state index in [4.69, 9.17) is 4.74 Å². The number of carbonyl (C=O) groups excluding carboxylic acids is 1. The van der Waals surface area contributed by atoms with Gasteiger partial charge in [0.05, 0.1) is 18.8 Å². The van der Waals surface area contributed by atoms with Crippen LogP contribution in [-0.4, -0.2) is 47.4 Å². The van der Waals surface area contributed by atoms with Crippen molar-refractivity contribution in [1.29, 1.82) is 0 Å². The summed E-state index contributed by atoms with van der Waals surface area (Å²) in [6.45, 7) is 4.20. The summed E-state index contributed by atoms with van der Waals surface area (Å²) < 4.78 is 6.82. The van der Waals surface area contributed by atoms with Gasteiger partial charge < -0.3 is 10.1 Å². The zero-order chi connectivity index (χ0) is 16.7. The Morgan fingerprint density at radius 2 is 2.09 bits per heavy atom. The van der Waals surface area contributed by atoms with E-state index < -0.39 is 0 Å².